The van der Waals surface area contributed by atoms with Crippen LogP contribution in [0.3, 0.4) is 0 Å². The quantitative estimate of drug-likeness (QED) is 0.483. The van der Waals surface area contributed by atoms with Gasteiger partial charge in [0.25, 0.3) is 0 Å². The second-order valence-corrected chi connectivity index (χ2v) is 4.12. The minimum absolute atomic E-state index is 0. The molecule has 1 atom stereocenters. The molecule has 0 saturated carbocycles. The van der Waals surface area contributed by atoms with Crippen molar-refractivity contribution in [2.24, 2.45) is 0 Å². The first kappa shape index (κ1) is 14.1. The molecule has 2 aromatic carbocycles. The van der Waals surface area contributed by atoms with Crippen LogP contribution < -0.4 is 4.74 Å². The zero-order valence-electron chi connectivity index (χ0n) is 10.00. The van der Waals surface area contributed by atoms with Crippen molar-refractivity contribution in [3.63, 3.8) is 0 Å². The molecular weight excluding hydrogens is 317 g/mol. The van der Waals surface area contributed by atoms with Gasteiger partial charge in [-0.2, -0.15) is 17.7 Å². The Morgan fingerprint density at radius 1 is 1.05 bits per heavy atom. The van der Waals surface area contributed by atoms with E-state index in [1.807, 2.05) is 36.6 Å². The van der Waals surface area contributed by atoms with E-state index in [-0.39, 0.29) is 38.7 Å². The monoisotopic (exact) mass is 326 g/mol. The molecule has 0 spiro atoms. The Labute approximate surface area is 135 Å². The summed E-state index contributed by atoms with van der Waals surface area (Å²) >= 11 is 0. The standard InChI is InChI=1S/C15H9O3.Y/c16-9-10-6-7-13-12(8-10)14(15(17)18-13)11-4-2-1-3-5-11;/h1-8,14H;/q-1;. The molecule has 19 heavy (non-hydrogen) atoms. The molecule has 2 aromatic rings. The van der Waals surface area contributed by atoms with E-state index < -0.39 is 5.92 Å². The first-order valence-electron chi connectivity index (χ1n) is 5.58. The van der Waals surface area contributed by atoms with Crippen LogP contribution in [0.5, 0.6) is 5.75 Å². The van der Waals surface area contributed by atoms with Gasteiger partial charge in [0.2, 0.25) is 0 Å². The predicted molar refractivity (Wildman–Crippen MR) is 65.2 cm³/mol. The van der Waals surface area contributed by atoms with Crippen molar-refractivity contribution in [3.8, 4) is 5.75 Å². The average Bonchev–Trinajstić information content (AvgIpc) is 2.74. The maximum Gasteiger partial charge on any atom is 0.322 e. The molecule has 4 heteroatoms. The summed E-state index contributed by atoms with van der Waals surface area (Å²) in [5, 5.41) is 0. The molecule has 1 aliphatic heterocycles. The number of fused-ring (bicyclic) bond motifs is 1. The van der Waals surface area contributed by atoms with Crippen LogP contribution in [-0.2, 0) is 42.3 Å². The zero-order valence-corrected chi connectivity index (χ0v) is 12.8. The van der Waals surface area contributed by atoms with Crippen LogP contribution in [0.1, 0.15) is 22.6 Å². The van der Waals surface area contributed by atoms with Crippen LogP contribution in [0.25, 0.3) is 0 Å². The maximum atomic E-state index is 11.9. The smallest absolute Gasteiger partial charge is 0.322 e. The summed E-state index contributed by atoms with van der Waals surface area (Å²) in [7, 11) is 0. The number of carbonyl (C=O) groups is 1. The van der Waals surface area contributed by atoms with Gasteiger partial charge in [-0.3, -0.25) is 4.79 Å². The minimum atomic E-state index is -0.450. The molecule has 0 aromatic heterocycles. The number of esters is 1. The van der Waals surface area contributed by atoms with Gasteiger partial charge in [0.15, 0.2) is 0 Å². The summed E-state index contributed by atoms with van der Waals surface area (Å²) in [4.78, 5) is 22.6. The Balaban J connectivity index is 0.00000133. The maximum absolute atomic E-state index is 11.9. The van der Waals surface area contributed by atoms with Crippen molar-refractivity contribution in [3.05, 3.63) is 65.2 Å². The summed E-state index contributed by atoms with van der Waals surface area (Å²) in [5.74, 6) is -0.235. The van der Waals surface area contributed by atoms with E-state index in [0.717, 1.165) is 11.1 Å². The molecule has 0 fully saturated rings. The van der Waals surface area contributed by atoms with Crippen LogP contribution in [0, 0.1) is 0 Å². The van der Waals surface area contributed by atoms with Gasteiger partial charge in [0.05, 0.1) is 12.2 Å². The van der Waals surface area contributed by atoms with E-state index in [1.54, 1.807) is 18.2 Å². The zero-order chi connectivity index (χ0) is 12.5. The first-order valence-corrected chi connectivity index (χ1v) is 5.58. The Hall–Kier alpha value is -1.32. The fourth-order valence-electron chi connectivity index (χ4n) is 2.19. The Kier molecular flexibility index (Phi) is 4.28. The van der Waals surface area contributed by atoms with Gasteiger partial charge in [-0.25, -0.2) is 0 Å². The second kappa shape index (κ2) is 5.76. The van der Waals surface area contributed by atoms with Crippen molar-refractivity contribution in [2.75, 3.05) is 0 Å². The van der Waals surface area contributed by atoms with Gasteiger partial charge in [-0.15, -0.1) is 0 Å². The molecule has 0 saturated heterocycles. The summed E-state index contributed by atoms with van der Waals surface area (Å²) in [6.07, 6.45) is 1.83. The second-order valence-electron chi connectivity index (χ2n) is 4.12. The van der Waals surface area contributed by atoms with Gasteiger partial charge < -0.3 is 9.53 Å². The third-order valence-corrected chi connectivity index (χ3v) is 3.02. The number of hydrogen-bond acceptors (Lipinski definition) is 3. The molecule has 91 valence electrons. The summed E-state index contributed by atoms with van der Waals surface area (Å²) in [6, 6.07) is 14.3. The van der Waals surface area contributed by atoms with E-state index >= 15 is 0 Å². The fourth-order valence-corrected chi connectivity index (χ4v) is 2.19. The molecule has 3 rings (SSSR count). The van der Waals surface area contributed by atoms with E-state index in [1.165, 1.54) is 0 Å². The van der Waals surface area contributed by atoms with Crippen molar-refractivity contribution in [1.82, 2.24) is 0 Å². The number of benzene rings is 2. The number of hydrogen-bond donors (Lipinski definition) is 0. The van der Waals surface area contributed by atoms with E-state index in [2.05, 4.69) is 0 Å². The topological polar surface area (TPSA) is 43.4 Å². The molecule has 0 amide bonds. The summed E-state index contributed by atoms with van der Waals surface area (Å²) in [6.45, 7) is 0. The van der Waals surface area contributed by atoms with Gasteiger partial charge in [0.1, 0.15) is 5.75 Å². The van der Waals surface area contributed by atoms with E-state index in [0.29, 0.717) is 11.3 Å². The minimum Gasteiger partial charge on any atom is -0.428 e. The van der Waals surface area contributed by atoms with Gasteiger partial charge in [-0.1, -0.05) is 36.4 Å². The molecule has 0 bridgehead atoms. The summed E-state index contributed by atoms with van der Waals surface area (Å²) in [5.41, 5.74) is 2.02. The van der Waals surface area contributed by atoms with Crippen molar-refractivity contribution < 1.29 is 47.0 Å². The van der Waals surface area contributed by atoms with E-state index in [4.69, 9.17) is 4.74 Å². The van der Waals surface area contributed by atoms with E-state index in [9.17, 15) is 9.59 Å². The van der Waals surface area contributed by atoms with Gasteiger partial charge in [-0.05, 0) is 11.1 Å². The molecule has 0 N–H and O–H groups in total. The number of ether oxygens (including phenoxy) is 1. The predicted octanol–water partition coefficient (Wildman–Crippen LogP) is 2.19. The van der Waals surface area contributed by atoms with Crippen molar-refractivity contribution in [1.29, 1.82) is 0 Å². The SMILES string of the molecule is O=[C-]c1ccc2c(c1)C(c1ccccc1)C(=O)O2.[Y]. The molecular formula is C15H9O3Y-. The van der Waals surface area contributed by atoms with Crippen molar-refractivity contribution in [2.45, 2.75) is 5.92 Å². The molecule has 1 unspecified atom stereocenters. The first-order chi connectivity index (χ1) is 8.79. The van der Waals surface area contributed by atoms with Crippen LogP contribution >= 0.6 is 0 Å². The van der Waals surface area contributed by atoms with Gasteiger partial charge in [0, 0.05) is 32.7 Å². The average molecular weight is 326 g/mol. The van der Waals surface area contributed by atoms with Crippen LogP contribution in [-0.4, -0.2) is 12.3 Å². The largest absolute Gasteiger partial charge is 0.428 e. The van der Waals surface area contributed by atoms with Crippen LogP contribution in [0.2, 0.25) is 0 Å². The fraction of sp³-hybridized carbons (Fsp3) is 0.0667. The normalized spacial score (nSPS) is 16.2. The number of carbonyl (C=O) groups excluding carboxylic acids is 2. The molecule has 1 aliphatic rings. The Morgan fingerprint density at radius 3 is 2.47 bits per heavy atom. The molecule has 1 heterocycles. The Bertz CT molecular complexity index is 623. The molecule has 0 aliphatic carbocycles. The van der Waals surface area contributed by atoms with Crippen molar-refractivity contribution >= 4 is 12.3 Å². The van der Waals surface area contributed by atoms with Crippen LogP contribution in [0.4, 0.5) is 0 Å². The van der Waals surface area contributed by atoms with Crippen LogP contribution in [0.15, 0.2) is 48.5 Å². The summed E-state index contributed by atoms with van der Waals surface area (Å²) < 4.78 is 5.20. The number of rotatable bonds is 2. The molecule has 3 nitrogen and oxygen atoms in total. The Morgan fingerprint density at radius 2 is 1.79 bits per heavy atom. The third-order valence-electron chi connectivity index (χ3n) is 3.02. The third kappa shape index (κ3) is 2.53. The molecule has 1 radical (unpaired) electrons. The van der Waals surface area contributed by atoms with Gasteiger partial charge >= 0.3 is 5.97 Å².